The van der Waals surface area contributed by atoms with E-state index in [4.69, 9.17) is 5.73 Å². The molecule has 1 atom stereocenters. The van der Waals surface area contributed by atoms with Crippen LogP contribution in [0.5, 0.6) is 0 Å². The van der Waals surface area contributed by atoms with Crippen molar-refractivity contribution in [3.05, 3.63) is 65.7 Å². The molecule has 0 bridgehead atoms. The molecule has 5 nitrogen and oxygen atoms in total. The van der Waals surface area contributed by atoms with Crippen molar-refractivity contribution in [2.75, 3.05) is 18.9 Å². The summed E-state index contributed by atoms with van der Waals surface area (Å²) in [5.41, 5.74) is 7.63. The van der Waals surface area contributed by atoms with E-state index in [9.17, 15) is 9.59 Å². The quantitative estimate of drug-likeness (QED) is 0.822. The molecule has 5 heteroatoms. The second-order valence-corrected chi connectivity index (χ2v) is 5.82. The van der Waals surface area contributed by atoms with Gasteiger partial charge in [0.2, 0.25) is 5.91 Å². The maximum atomic E-state index is 12.2. The van der Waals surface area contributed by atoms with E-state index in [1.54, 1.807) is 12.1 Å². The second kappa shape index (κ2) is 8.26. The fourth-order valence-electron chi connectivity index (χ4n) is 2.40. The molecular weight excluding hydrogens is 302 g/mol. The molecule has 126 valence electrons. The van der Waals surface area contributed by atoms with E-state index in [1.807, 2.05) is 49.5 Å². The van der Waals surface area contributed by atoms with Crippen LogP contribution in [0.2, 0.25) is 0 Å². The van der Waals surface area contributed by atoms with Crippen molar-refractivity contribution in [1.29, 1.82) is 0 Å². The Kier molecular flexibility index (Phi) is 6.09. The average Bonchev–Trinajstić information content (AvgIpc) is 2.60. The van der Waals surface area contributed by atoms with Crippen LogP contribution < -0.4 is 11.1 Å². The molecule has 2 amide bonds. The molecule has 3 N–H and O–H groups in total. The summed E-state index contributed by atoms with van der Waals surface area (Å²) in [5.74, 6) is -0.444. The molecule has 0 spiro atoms. The minimum Gasteiger partial charge on any atom is -0.370 e. The molecule has 0 heterocycles. The summed E-state index contributed by atoms with van der Waals surface area (Å²) < 4.78 is 0. The summed E-state index contributed by atoms with van der Waals surface area (Å²) in [7, 11) is 1.95. The first-order valence-electron chi connectivity index (χ1n) is 7.92. The fraction of sp³-hybridized carbons (Fsp3) is 0.263. The van der Waals surface area contributed by atoms with Gasteiger partial charge in [0.05, 0.1) is 0 Å². The third-order valence-corrected chi connectivity index (χ3v) is 4.03. The average molecular weight is 325 g/mol. The third kappa shape index (κ3) is 4.93. The summed E-state index contributed by atoms with van der Waals surface area (Å²) in [4.78, 5) is 25.2. The van der Waals surface area contributed by atoms with Gasteiger partial charge in [-0.25, -0.2) is 0 Å². The molecular formula is C19H23N3O2. The van der Waals surface area contributed by atoms with E-state index < -0.39 is 0 Å². The Morgan fingerprint density at radius 2 is 1.83 bits per heavy atom. The summed E-state index contributed by atoms with van der Waals surface area (Å²) in [6.45, 7) is 2.65. The number of amides is 2. The molecule has 0 aliphatic rings. The Morgan fingerprint density at radius 1 is 1.12 bits per heavy atom. The zero-order valence-corrected chi connectivity index (χ0v) is 14.0. The van der Waals surface area contributed by atoms with Crippen LogP contribution in [0, 0.1) is 0 Å². The van der Waals surface area contributed by atoms with E-state index in [1.165, 1.54) is 0 Å². The lowest BCUT2D eigenvalue weighted by atomic mass is 10.1. The molecule has 0 aliphatic heterocycles. The zero-order valence-electron chi connectivity index (χ0n) is 14.0. The SMILES string of the molecule is C[C@@H](c1cccc(NC(=O)c2ccccc2)c1)N(C)CCC(N)=O. The predicted octanol–water partition coefficient (Wildman–Crippen LogP) is 2.81. The number of carbonyl (C=O) groups excluding carboxylic acids is 2. The Balaban J connectivity index is 2.05. The Morgan fingerprint density at radius 3 is 2.50 bits per heavy atom. The van der Waals surface area contributed by atoms with E-state index in [0.29, 0.717) is 18.5 Å². The normalized spacial score (nSPS) is 12.0. The molecule has 0 saturated heterocycles. The standard InChI is InChI=1S/C19H23N3O2/c1-14(22(2)12-11-18(20)23)16-9-6-10-17(13-16)21-19(24)15-7-4-3-5-8-15/h3-10,13-14H,11-12H2,1-2H3,(H2,20,23)(H,21,24)/t14-/m0/s1. The maximum absolute atomic E-state index is 12.2. The molecule has 2 rings (SSSR count). The Bertz CT molecular complexity index is 701. The van der Waals surface area contributed by atoms with Crippen molar-refractivity contribution in [3.63, 3.8) is 0 Å². The van der Waals surface area contributed by atoms with E-state index in [-0.39, 0.29) is 17.9 Å². The maximum Gasteiger partial charge on any atom is 0.255 e. The van der Waals surface area contributed by atoms with Crippen LogP contribution in [0.1, 0.15) is 35.3 Å². The van der Waals surface area contributed by atoms with Gasteiger partial charge >= 0.3 is 0 Å². The third-order valence-electron chi connectivity index (χ3n) is 4.03. The van der Waals surface area contributed by atoms with Gasteiger partial charge in [0, 0.05) is 30.3 Å². The van der Waals surface area contributed by atoms with Gasteiger partial charge in [-0.1, -0.05) is 30.3 Å². The number of hydrogen-bond donors (Lipinski definition) is 2. The first kappa shape index (κ1) is 17.7. The van der Waals surface area contributed by atoms with Crippen LogP contribution in [-0.4, -0.2) is 30.3 Å². The van der Waals surface area contributed by atoms with Crippen LogP contribution in [0.25, 0.3) is 0 Å². The summed E-state index contributed by atoms with van der Waals surface area (Å²) in [6, 6.07) is 16.9. The Labute approximate surface area is 142 Å². The minimum atomic E-state index is -0.307. The van der Waals surface area contributed by atoms with Gasteiger partial charge in [0.25, 0.3) is 5.91 Å². The monoisotopic (exact) mass is 325 g/mol. The number of anilines is 1. The first-order valence-corrected chi connectivity index (χ1v) is 7.92. The minimum absolute atomic E-state index is 0.109. The zero-order chi connectivity index (χ0) is 17.5. The topological polar surface area (TPSA) is 75.4 Å². The highest BCUT2D eigenvalue weighted by molar-refractivity contribution is 6.04. The summed E-state index contributed by atoms with van der Waals surface area (Å²) in [6.07, 6.45) is 0.325. The molecule has 0 unspecified atom stereocenters. The highest BCUT2D eigenvalue weighted by Gasteiger charge is 2.13. The molecule has 0 aromatic heterocycles. The van der Waals surface area contributed by atoms with Crippen LogP contribution >= 0.6 is 0 Å². The highest BCUT2D eigenvalue weighted by Crippen LogP contribution is 2.22. The van der Waals surface area contributed by atoms with Crippen LogP contribution in [0.4, 0.5) is 5.69 Å². The number of nitrogens with one attached hydrogen (secondary N) is 1. The van der Waals surface area contributed by atoms with Gasteiger partial charge in [0.1, 0.15) is 0 Å². The van der Waals surface area contributed by atoms with E-state index in [0.717, 1.165) is 11.3 Å². The van der Waals surface area contributed by atoms with E-state index in [2.05, 4.69) is 17.1 Å². The van der Waals surface area contributed by atoms with Gasteiger partial charge in [0.15, 0.2) is 0 Å². The van der Waals surface area contributed by atoms with Gasteiger partial charge in [-0.15, -0.1) is 0 Å². The van der Waals surface area contributed by atoms with Crippen molar-refractivity contribution in [2.45, 2.75) is 19.4 Å². The summed E-state index contributed by atoms with van der Waals surface area (Å²) >= 11 is 0. The molecule has 0 fully saturated rings. The number of nitrogens with two attached hydrogens (primary N) is 1. The molecule has 0 radical (unpaired) electrons. The van der Waals surface area contributed by atoms with Crippen molar-refractivity contribution >= 4 is 17.5 Å². The lowest BCUT2D eigenvalue weighted by Crippen LogP contribution is -2.27. The van der Waals surface area contributed by atoms with Gasteiger partial charge in [-0.3, -0.25) is 14.5 Å². The molecule has 0 aliphatic carbocycles. The number of nitrogens with zero attached hydrogens (tertiary/aromatic N) is 1. The van der Waals surface area contributed by atoms with Gasteiger partial charge in [-0.2, -0.15) is 0 Å². The van der Waals surface area contributed by atoms with E-state index >= 15 is 0 Å². The second-order valence-electron chi connectivity index (χ2n) is 5.82. The number of benzene rings is 2. The van der Waals surface area contributed by atoms with Crippen LogP contribution in [0.3, 0.4) is 0 Å². The number of hydrogen-bond acceptors (Lipinski definition) is 3. The number of primary amides is 1. The van der Waals surface area contributed by atoms with Crippen molar-refractivity contribution in [1.82, 2.24) is 4.90 Å². The molecule has 24 heavy (non-hydrogen) atoms. The lowest BCUT2D eigenvalue weighted by molar-refractivity contribution is -0.118. The summed E-state index contributed by atoms with van der Waals surface area (Å²) in [5, 5.41) is 2.91. The van der Waals surface area contributed by atoms with Crippen molar-refractivity contribution in [3.8, 4) is 0 Å². The lowest BCUT2D eigenvalue weighted by Gasteiger charge is -2.25. The molecule has 0 saturated carbocycles. The largest absolute Gasteiger partial charge is 0.370 e. The Hall–Kier alpha value is -2.66. The molecule has 2 aromatic carbocycles. The smallest absolute Gasteiger partial charge is 0.255 e. The van der Waals surface area contributed by atoms with Crippen LogP contribution in [-0.2, 0) is 4.79 Å². The highest BCUT2D eigenvalue weighted by atomic mass is 16.2. The van der Waals surface area contributed by atoms with Crippen molar-refractivity contribution < 1.29 is 9.59 Å². The number of rotatable bonds is 7. The number of carbonyl (C=O) groups is 2. The van der Waals surface area contributed by atoms with Crippen molar-refractivity contribution in [2.24, 2.45) is 5.73 Å². The van der Waals surface area contributed by atoms with Gasteiger partial charge < -0.3 is 11.1 Å². The van der Waals surface area contributed by atoms with Crippen LogP contribution in [0.15, 0.2) is 54.6 Å². The predicted molar refractivity (Wildman–Crippen MR) is 95.7 cm³/mol. The first-order chi connectivity index (χ1) is 11.5. The van der Waals surface area contributed by atoms with Gasteiger partial charge in [-0.05, 0) is 43.8 Å². The molecule has 2 aromatic rings. The fourth-order valence-corrected chi connectivity index (χ4v) is 2.40.